The van der Waals surface area contributed by atoms with Gasteiger partial charge in [0.05, 0.1) is 18.4 Å². The standard InChI is InChI=1S/C11H14BrF2NO2/c1-2-9-8(3-6-17-9)11(16)15(5-4-12)7-10(13)14/h3,6,10H,2,4-5,7H2,1H3. The molecular formula is C11H14BrF2NO2. The van der Waals surface area contributed by atoms with E-state index < -0.39 is 18.9 Å². The maximum absolute atomic E-state index is 12.4. The normalized spacial score (nSPS) is 10.9. The van der Waals surface area contributed by atoms with E-state index in [4.69, 9.17) is 4.42 Å². The minimum atomic E-state index is -2.53. The number of alkyl halides is 3. The van der Waals surface area contributed by atoms with Gasteiger partial charge in [-0.25, -0.2) is 8.78 Å². The Morgan fingerprint density at radius 3 is 2.82 bits per heavy atom. The van der Waals surface area contributed by atoms with E-state index in [0.29, 0.717) is 23.1 Å². The molecular weight excluding hydrogens is 296 g/mol. The van der Waals surface area contributed by atoms with Crippen molar-refractivity contribution in [2.75, 3.05) is 18.4 Å². The number of carbonyl (C=O) groups excluding carboxylic acids is 1. The number of amides is 1. The van der Waals surface area contributed by atoms with Gasteiger partial charge in [0, 0.05) is 18.3 Å². The number of furan rings is 1. The van der Waals surface area contributed by atoms with Gasteiger partial charge in [-0.1, -0.05) is 22.9 Å². The van der Waals surface area contributed by atoms with Gasteiger partial charge < -0.3 is 9.32 Å². The largest absolute Gasteiger partial charge is 0.469 e. The van der Waals surface area contributed by atoms with Crippen LogP contribution in [-0.2, 0) is 6.42 Å². The Bertz CT molecular complexity index is 368. The minimum Gasteiger partial charge on any atom is -0.469 e. The van der Waals surface area contributed by atoms with Crippen molar-refractivity contribution in [1.29, 1.82) is 0 Å². The first kappa shape index (κ1) is 14.2. The summed E-state index contributed by atoms with van der Waals surface area (Å²) in [6.07, 6.45) is -0.568. The van der Waals surface area contributed by atoms with Gasteiger partial charge in [0.2, 0.25) is 0 Å². The number of hydrogen-bond acceptors (Lipinski definition) is 2. The molecule has 0 atom stereocenters. The monoisotopic (exact) mass is 309 g/mol. The van der Waals surface area contributed by atoms with Crippen molar-refractivity contribution in [2.24, 2.45) is 0 Å². The number of hydrogen-bond donors (Lipinski definition) is 0. The third-order valence-corrected chi connectivity index (χ3v) is 2.65. The highest BCUT2D eigenvalue weighted by molar-refractivity contribution is 9.09. The summed E-state index contributed by atoms with van der Waals surface area (Å²) < 4.78 is 29.8. The summed E-state index contributed by atoms with van der Waals surface area (Å²) in [4.78, 5) is 13.2. The Hall–Kier alpha value is -0.910. The van der Waals surface area contributed by atoms with Gasteiger partial charge in [0.15, 0.2) is 0 Å². The molecule has 0 bridgehead atoms. The van der Waals surface area contributed by atoms with Crippen LogP contribution in [0.15, 0.2) is 16.7 Å². The molecule has 1 heterocycles. The van der Waals surface area contributed by atoms with Crippen LogP contribution < -0.4 is 0 Å². The Morgan fingerprint density at radius 1 is 1.59 bits per heavy atom. The van der Waals surface area contributed by atoms with E-state index in [2.05, 4.69) is 15.9 Å². The molecule has 0 aliphatic rings. The molecule has 0 aromatic carbocycles. The second kappa shape index (κ2) is 6.74. The Kier molecular flexibility index (Phi) is 5.61. The van der Waals surface area contributed by atoms with Crippen molar-refractivity contribution in [3.8, 4) is 0 Å². The van der Waals surface area contributed by atoms with E-state index in [-0.39, 0.29) is 6.54 Å². The number of aryl methyl sites for hydroxylation is 1. The second-order valence-electron chi connectivity index (χ2n) is 3.44. The Balaban J connectivity index is 2.83. The molecule has 1 aromatic heterocycles. The third-order valence-electron chi connectivity index (χ3n) is 2.30. The minimum absolute atomic E-state index is 0.248. The summed E-state index contributed by atoms with van der Waals surface area (Å²) >= 11 is 3.14. The first-order valence-corrected chi connectivity index (χ1v) is 6.42. The van der Waals surface area contributed by atoms with Gasteiger partial charge in [-0.15, -0.1) is 0 Å². The lowest BCUT2D eigenvalue weighted by Crippen LogP contribution is -2.36. The second-order valence-corrected chi connectivity index (χ2v) is 4.24. The smallest absolute Gasteiger partial charge is 0.257 e. The molecule has 0 N–H and O–H groups in total. The predicted molar refractivity (Wildman–Crippen MR) is 63.8 cm³/mol. The van der Waals surface area contributed by atoms with Crippen LogP contribution in [0.3, 0.4) is 0 Å². The van der Waals surface area contributed by atoms with Crippen LogP contribution in [-0.4, -0.2) is 35.7 Å². The molecule has 0 aliphatic heterocycles. The third kappa shape index (κ3) is 3.80. The fourth-order valence-electron chi connectivity index (χ4n) is 1.52. The van der Waals surface area contributed by atoms with Crippen LogP contribution in [0.1, 0.15) is 23.0 Å². The summed E-state index contributed by atoms with van der Waals surface area (Å²) in [5, 5.41) is 0.463. The highest BCUT2D eigenvalue weighted by atomic mass is 79.9. The summed E-state index contributed by atoms with van der Waals surface area (Å²) in [6.45, 7) is 1.54. The van der Waals surface area contributed by atoms with Gasteiger partial charge in [0.1, 0.15) is 5.76 Å². The highest BCUT2D eigenvalue weighted by Gasteiger charge is 2.22. The van der Waals surface area contributed by atoms with E-state index in [1.807, 2.05) is 6.92 Å². The molecule has 0 saturated heterocycles. The van der Waals surface area contributed by atoms with Crippen LogP contribution in [0.2, 0.25) is 0 Å². The fraction of sp³-hybridized carbons (Fsp3) is 0.545. The van der Waals surface area contributed by atoms with E-state index in [0.717, 1.165) is 4.90 Å². The summed E-state index contributed by atoms with van der Waals surface area (Å²) in [6, 6.07) is 1.52. The van der Waals surface area contributed by atoms with Crippen LogP contribution in [0.4, 0.5) is 8.78 Å². The molecule has 17 heavy (non-hydrogen) atoms. The molecule has 0 radical (unpaired) electrons. The summed E-state index contributed by atoms with van der Waals surface area (Å²) in [5.74, 6) is 0.124. The first-order valence-electron chi connectivity index (χ1n) is 5.29. The van der Waals surface area contributed by atoms with E-state index in [1.165, 1.54) is 12.3 Å². The maximum Gasteiger partial charge on any atom is 0.257 e. The van der Waals surface area contributed by atoms with Crippen molar-refractivity contribution in [3.63, 3.8) is 0 Å². The van der Waals surface area contributed by atoms with E-state index >= 15 is 0 Å². The molecule has 96 valence electrons. The molecule has 1 rings (SSSR count). The molecule has 0 aliphatic carbocycles. The lowest BCUT2D eigenvalue weighted by molar-refractivity contribution is 0.0570. The average Bonchev–Trinajstić information content (AvgIpc) is 2.74. The zero-order valence-electron chi connectivity index (χ0n) is 9.46. The van der Waals surface area contributed by atoms with Gasteiger partial charge in [-0.05, 0) is 6.07 Å². The Morgan fingerprint density at radius 2 is 2.29 bits per heavy atom. The van der Waals surface area contributed by atoms with Crippen LogP contribution >= 0.6 is 15.9 Å². The van der Waals surface area contributed by atoms with Crippen LogP contribution in [0.25, 0.3) is 0 Å². The molecule has 1 aromatic rings. The molecule has 6 heteroatoms. The number of nitrogens with zero attached hydrogens (tertiary/aromatic N) is 1. The van der Waals surface area contributed by atoms with Crippen molar-refractivity contribution >= 4 is 21.8 Å². The quantitative estimate of drug-likeness (QED) is 0.757. The zero-order valence-corrected chi connectivity index (χ0v) is 11.0. The molecule has 0 unspecified atom stereocenters. The van der Waals surface area contributed by atoms with Gasteiger partial charge in [-0.2, -0.15) is 0 Å². The van der Waals surface area contributed by atoms with Gasteiger partial charge in [-0.3, -0.25) is 4.79 Å². The number of halogens is 3. The van der Waals surface area contributed by atoms with Crippen molar-refractivity contribution in [1.82, 2.24) is 4.90 Å². The van der Waals surface area contributed by atoms with Gasteiger partial charge in [0.25, 0.3) is 12.3 Å². The summed E-state index contributed by atoms with van der Waals surface area (Å²) in [5.41, 5.74) is 0.370. The molecule has 0 spiro atoms. The van der Waals surface area contributed by atoms with Crippen molar-refractivity contribution in [3.05, 3.63) is 23.7 Å². The number of carbonyl (C=O) groups is 1. The Labute approximate surface area is 107 Å². The molecule has 0 saturated carbocycles. The first-order chi connectivity index (χ1) is 8.10. The van der Waals surface area contributed by atoms with Gasteiger partial charge >= 0.3 is 0 Å². The van der Waals surface area contributed by atoms with Crippen LogP contribution in [0, 0.1) is 0 Å². The highest BCUT2D eigenvalue weighted by Crippen LogP contribution is 2.15. The average molecular weight is 310 g/mol. The maximum atomic E-state index is 12.4. The fourth-order valence-corrected chi connectivity index (χ4v) is 1.95. The lowest BCUT2D eigenvalue weighted by atomic mass is 10.2. The summed E-state index contributed by atoms with van der Waals surface area (Å²) in [7, 11) is 0. The SMILES string of the molecule is CCc1occc1C(=O)N(CCBr)CC(F)F. The van der Waals surface area contributed by atoms with E-state index in [1.54, 1.807) is 0 Å². The molecule has 3 nitrogen and oxygen atoms in total. The molecule has 0 fully saturated rings. The van der Waals surface area contributed by atoms with Crippen molar-refractivity contribution in [2.45, 2.75) is 19.8 Å². The predicted octanol–water partition coefficient (Wildman–Crippen LogP) is 2.94. The lowest BCUT2D eigenvalue weighted by Gasteiger charge is -2.21. The topological polar surface area (TPSA) is 33.5 Å². The van der Waals surface area contributed by atoms with Crippen molar-refractivity contribution < 1.29 is 18.0 Å². The molecule has 1 amide bonds. The zero-order chi connectivity index (χ0) is 12.8. The number of rotatable bonds is 6. The van der Waals surface area contributed by atoms with Crippen LogP contribution in [0.5, 0.6) is 0 Å². The van der Waals surface area contributed by atoms with E-state index in [9.17, 15) is 13.6 Å².